The smallest absolute Gasteiger partial charge is 0.253 e. The Morgan fingerprint density at radius 3 is 2.43 bits per heavy atom. The monoisotopic (exact) mass is 433 g/mol. The van der Waals surface area contributed by atoms with Gasteiger partial charge in [-0.05, 0) is 18.2 Å². The van der Waals surface area contributed by atoms with Crippen LogP contribution in [-0.2, 0) is 24.6 Å². The van der Waals surface area contributed by atoms with Gasteiger partial charge in [-0.15, -0.1) is 0 Å². The number of methoxy groups -OCH3 is 1. The molecular weight excluding hydrogens is 406 g/mol. The zero-order valence-corrected chi connectivity index (χ0v) is 17.8. The number of rotatable bonds is 9. The summed E-state index contributed by atoms with van der Waals surface area (Å²) in [6, 6.07) is 5.94. The Bertz CT molecular complexity index is 878. The van der Waals surface area contributed by atoms with Crippen molar-refractivity contribution in [1.82, 2.24) is 14.5 Å². The highest BCUT2D eigenvalue weighted by Gasteiger charge is 2.24. The number of carbonyl (C=O) groups is 1. The van der Waals surface area contributed by atoms with Crippen LogP contribution in [0.25, 0.3) is 0 Å². The number of hydrogen-bond donors (Lipinski definition) is 1. The second-order valence-corrected chi connectivity index (χ2v) is 10.7. The quantitative estimate of drug-likeness (QED) is 0.518. The molecule has 0 atom stereocenters. The van der Waals surface area contributed by atoms with Crippen LogP contribution in [0.1, 0.15) is 10.4 Å². The van der Waals surface area contributed by atoms with Gasteiger partial charge < -0.3 is 9.64 Å². The maximum Gasteiger partial charge on any atom is 0.253 e. The molecule has 1 aliphatic rings. The molecule has 0 spiro atoms. The molecule has 1 heterocycles. The van der Waals surface area contributed by atoms with Crippen molar-refractivity contribution in [2.45, 2.75) is 4.90 Å². The summed E-state index contributed by atoms with van der Waals surface area (Å²) < 4.78 is 54.4. The van der Waals surface area contributed by atoms with E-state index in [0.29, 0.717) is 38.3 Å². The molecule has 28 heavy (non-hydrogen) atoms. The standard InChI is InChI=1S/C17H27N3O6S2/c1-26-12-6-18-28(24,25)16-5-3-4-15(14-16)17(21)20-9-7-19(8-10-20)11-13-27(2,22)23/h3-5,14,18H,6-13H2,1-2H3. The Labute approximate surface area is 166 Å². The number of sulfone groups is 1. The first-order chi connectivity index (χ1) is 13.1. The molecule has 9 nitrogen and oxygen atoms in total. The van der Waals surface area contributed by atoms with Crippen molar-refractivity contribution in [2.24, 2.45) is 0 Å². The number of ether oxygens (including phenoxy) is 1. The summed E-state index contributed by atoms with van der Waals surface area (Å²) in [5, 5.41) is 0. The van der Waals surface area contributed by atoms with Gasteiger partial charge in [-0.3, -0.25) is 9.69 Å². The van der Waals surface area contributed by atoms with Crippen LogP contribution in [0.5, 0.6) is 0 Å². The number of piperazine rings is 1. The van der Waals surface area contributed by atoms with Crippen molar-refractivity contribution in [2.75, 3.05) is 65.0 Å². The number of sulfonamides is 1. The first kappa shape index (κ1) is 22.8. The molecular formula is C17H27N3O6S2. The Hall–Kier alpha value is -1.53. The summed E-state index contributed by atoms with van der Waals surface area (Å²) in [5.41, 5.74) is 0.305. The Morgan fingerprint density at radius 2 is 1.82 bits per heavy atom. The third-order valence-electron chi connectivity index (χ3n) is 4.43. The summed E-state index contributed by atoms with van der Waals surface area (Å²) in [7, 11) is -5.25. The normalized spacial score (nSPS) is 16.3. The van der Waals surface area contributed by atoms with E-state index >= 15 is 0 Å². The predicted octanol–water partition coefficient (Wildman–Crippen LogP) is -0.586. The number of amides is 1. The fourth-order valence-corrected chi connectivity index (χ4v) is 4.46. The zero-order chi connectivity index (χ0) is 20.8. The lowest BCUT2D eigenvalue weighted by molar-refractivity contribution is 0.0644. The number of carbonyl (C=O) groups excluding carboxylic acids is 1. The minimum atomic E-state index is -3.72. The van der Waals surface area contributed by atoms with Gasteiger partial charge in [-0.25, -0.2) is 21.6 Å². The Balaban J connectivity index is 1.98. The van der Waals surface area contributed by atoms with Crippen LogP contribution in [0.2, 0.25) is 0 Å². The van der Waals surface area contributed by atoms with E-state index in [-0.39, 0.29) is 29.7 Å². The average molecular weight is 434 g/mol. The van der Waals surface area contributed by atoms with Gasteiger partial charge in [-0.2, -0.15) is 0 Å². The summed E-state index contributed by atoms with van der Waals surface area (Å²) in [6.07, 6.45) is 1.21. The van der Waals surface area contributed by atoms with Gasteiger partial charge in [-0.1, -0.05) is 6.07 Å². The summed E-state index contributed by atoms with van der Waals surface area (Å²) in [4.78, 5) is 16.4. The van der Waals surface area contributed by atoms with Gasteiger partial charge >= 0.3 is 0 Å². The molecule has 0 aromatic heterocycles. The molecule has 1 aromatic carbocycles. The molecule has 0 bridgehead atoms. The van der Waals surface area contributed by atoms with Gasteiger partial charge in [0, 0.05) is 58.2 Å². The molecule has 158 valence electrons. The third kappa shape index (κ3) is 6.82. The van der Waals surface area contributed by atoms with E-state index in [1.165, 1.54) is 25.5 Å². The molecule has 0 saturated carbocycles. The molecule has 1 aliphatic heterocycles. The Morgan fingerprint density at radius 1 is 1.14 bits per heavy atom. The fourth-order valence-electron chi connectivity index (χ4n) is 2.81. The van der Waals surface area contributed by atoms with E-state index in [1.54, 1.807) is 17.0 Å². The fraction of sp³-hybridized carbons (Fsp3) is 0.588. The predicted molar refractivity (Wildman–Crippen MR) is 106 cm³/mol. The Kier molecular flexibility index (Phi) is 7.96. The SMILES string of the molecule is COCCNS(=O)(=O)c1cccc(C(=O)N2CCN(CCS(C)(=O)=O)CC2)c1. The topological polar surface area (TPSA) is 113 Å². The second kappa shape index (κ2) is 9.79. The zero-order valence-electron chi connectivity index (χ0n) is 16.1. The van der Waals surface area contributed by atoms with Crippen molar-refractivity contribution in [1.29, 1.82) is 0 Å². The van der Waals surface area contributed by atoms with Crippen molar-refractivity contribution >= 4 is 25.8 Å². The molecule has 1 fully saturated rings. The molecule has 0 radical (unpaired) electrons. The van der Waals surface area contributed by atoms with Crippen LogP contribution >= 0.6 is 0 Å². The summed E-state index contributed by atoms with van der Waals surface area (Å²) in [5.74, 6) is -0.145. The van der Waals surface area contributed by atoms with Crippen molar-refractivity contribution in [3.05, 3.63) is 29.8 Å². The highest BCUT2D eigenvalue weighted by atomic mass is 32.2. The van der Waals surface area contributed by atoms with Crippen LogP contribution < -0.4 is 4.72 Å². The lowest BCUT2D eigenvalue weighted by Crippen LogP contribution is -2.49. The largest absolute Gasteiger partial charge is 0.383 e. The number of benzene rings is 1. The third-order valence-corrected chi connectivity index (χ3v) is 6.81. The molecule has 0 unspecified atom stereocenters. The van der Waals surface area contributed by atoms with Gasteiger partial charge in [0.2, 0.25) is 10.0 Å². The first-order valence-corrected chi connectivity index (χ1v) is 12.4. The number of nitrogens with zero attached hydrogens (tertiary/aromatic N) is 2. The number of hydrogen-bond acceptors (Lipinski definition) is 7. The minimum Gasteiger partial charge on any atom is -0.383 e. The second-order valence-electron chi connectivity index (χ2n) is 6.68. The van der Waals surface area contributed by atoms with Gasteiger partial charge in [0.25, 0.3) is 5.91 Å². The van der Waals surface area contributed by atoms with E-state index in [1.807, 2.05) is 4.90 Å². The van der Waals surface area contributed by atoms with Gasteiger partial charge in [0.1, 0.15) is 9.84 Å². The van der Waals surface area contributed by atoms with Crippen molar-refractivity contribution in [3.8, 4) is 0 Å². The van der Waals surface area contributed by atoms with Gasteiger partial charge in [0.15, 0.2) is 0 Å². The number of nitrogens with one attached hydrogen (secondary N) is 1. The van der Waals surface area contributed by atoms with E-state index in [0.717, 1.165) is 0 Å². The molecule has 1 saturated heterocycles. The van der Waals surface area contributed by atoms with Crippen LogP contribution in [0.4, 0.5) is 0 Å². The minimum absolute atomic E-state index is 0.0289. The van der Waals surface area contributed by atoms with Crippen molar-refractivity contribution in [3.63, 3.8) is 0 Å². The molecule has 1 aromatic rings. The average Bonchev–Trinajstić information content (AvgIpc) is 2.66. The maximum absolute atomic E-state index is 12.7. The molecule has 1 N–H and O–H groups in total. The summed E-state index contributed by atoms with van der Waals surface area (Å²) in [6.45, 7) is 2.93. The van der Waals surface area contributed by atoms with Crippen LogP contribution in [0.3, 0.4) is 0 Å². The van der Waals surface area contributed by atoms with Crippen molar-refractivity contribution < 1.29 is 26.4 Å². The lowest BCUT2D eigenvalue weighted by Gasteiger charge is -2.34. The van der Waals surface area contributed by atoms with Crippen LogP contribution in [0, 0.1) is 0 Å². The lowest BCUT2D eigenvalue weighted by atomic mass is 10.2. The maximum atomic E-state index is 12.7. The van der Waals surface area contributed by atoms with E-state index in [2.05, 4.69) is 4.72 Å². The highest BCUT2D eigenvalue weighted by Crippen LogP contribution is 2.14. The highest BCUT2D eigenvalue weighted by molar-refractivity contribution is 7.90. The first-order valence-electron chi connectivity index (χ1n) is 8.90. The molecule has 2 rings (SSSR count). The molecule has 11 heteroatoms. The van der Waals surface area contributed by atoms with E-state index < -0.39 is 19.9 Å². The van der Waals surface area contributed by atoms with Gasteiger partial charge in [0.05, 0.1) is 17.3 Å². The van der Waals surface area contributed by atoms with E-state index in [9.17, 15) is 21.6 Å². The van der Waals surface area contributed by atoms with Crippen LogP contribution in [-0.4, -0.2) is 97.5 Å². The molecule has 1 amide bonds. The molecule has 0 aliphatic carbocycles. The van der Waals surface area contributed by atoms with Crippen LogP contribution in [0.15, 0.2) is 29.2 Å². The van der Waals surface area contributed by atoms with E-state index in [4.69, 9.17) is 4.74 Å². The summed E-state index contributed by atoms with van der Waals surface area (Å²) >= 11 is 0.